The molecule has 3 aromatic rings. The molecular formula is C21H15F4N5OS. The monoisotopic (exact) mass is 461 g/mol. The van der Waals surface area contributed by atoms with Crippen LogP contribution in [-0.2, 0) is 6.18 Å². The molecule has 0 radical (unpaired) electrons. The number of halogens is 4. The molecule has 0 unspecified atom stereocenters. The van der Waals surface area contributed by atoms with Gasteiger partial charge in [0.15, 0.2) is 5.11 Å². The lowest BCUT2D eigenvalue weighted by atomic mass is 10.2. The van der Waals surface area contributed by atoms with E-state index in [0.29, 0.717) is 35.4 Å². The van der Waals surface area contributed by atoms with Crippen LogP contribution >= 0.6 is 12.2 Å². The lowest BCUT2D eigenvalue weighted by Crippen LogP contribution is -2.31. The summed E-state index contributed by atoms with van der Waals surface area (Å²) in [6.07, 6.45) is -3.20. The first-order valence-electron chi connectivity index (χ1n) is 8.93. The van der Waals surface area contributed by atoms with Gasteiger partial charge in [-0.05, 0) is 48.6 Å². The fraction of sp³-hybridized carbons (Fsp3) is 0.0952. The zero-order valence-electron chi connectivity index (χ0n) is 16.4. The molecule has 11 heteroatoms. The number of nitrogens with one attached hydrogen (secondary N) is 1. The second-order valence-corrected chi connectivity index (χ2v) is 6.88. The van der Waals surface area contributed by atoms with E-state index in [9.17, 15) is 17.6 Å². The quantitative estimate of drug-likeness (QED) is 0.309. The number of nitrogens with zero attached hydrogens (tertiary/aromatic N) is 3. The van der Waals surface area contributed by atoms with Gasteiger partial charge in [0.1, 0.15) is 29.1 Å². The van der Waals surface area contributed by atoms with Crippen molar-refractivity contribution >= 4 is 34.4 Å². The molecule has 0 fully saturated rings. The van der Waals surface area contributed by atoms with E-state index < -0.39 is 23.2 Å². The molecule has 0 aliphatic rings. The van der Waals surface area contributed by atoms with Gasteiger partial charge in [0.05, 0.1) is 22.6 Å². The molecule has 0 spiro atoms. The fourth-order valence-corrected chi connectivity index (χ4v) is 2.89. The third-order valence-corrected chi connectivity index (χ3v) is 4.66. The summed E-state index contributed by atoms with van der Waals surface area (Å²) in [5.41, 5.74) is 5.49. The standard InChI is InChI=1S/C21H15F4N5OS/c1-30(20(32)29-18-8-12(21(23,24)25)2-4-16(18)22)19-5-3-14(10-17(19)27)31-15-6-7-28-13(9-15)11-26/h2-10H,27H2,1H3,(H,29,32). The van der Waals surface area contributed by atoms with Crippen molar-refractivity contribution < 1.29 is 22.3 Å². The predicted octanol–water partition coefficient (Wildman–Crippen LogP) is 5.32. The van der Waals surface area contributed by atoms with Gasteiger partial charge in [0, 0.05) is 25.4 Å². The SMILES string of the molecule is CN(C(=S)Nc1cc(C(F)(F)F)ccc1F)c1ccc(Oc2ccnc(C#N)c2)cc1N. The molecule has 3 rings (SSSR count). The third-order valence-electron chi connectivity index (χ3n) is 4.28. The molecular weight excluding hydrogens is 446 g/mol. The van der Waals surface area contributed by atoms with Crippen molar-refractivity contribution in [3.63, 3.8) is 0 Å². The van der Waals surface area contributed by atoms with Gasteiger partial charge in [-0.15, -0.1) is 0 Å². The topological polar surface area (TPSA) is 87.2 Å². The number of hydrogen-bond acceptors (Lipinski definition) is 5. The largest absolute Gasteiger partial charge is 0.457 e. The molecule has 0 atom stereocenters. The Morgan fingerprint density at radius 2 is 1.88 bits per heavy atom. The van der Waals surface area contributed by atoms with E-state index in [4.69, 9.17) is 28.0 Å². The van der Waals surface area contributed by atoms with Gasteiger partial charge in [-0.25, -0.2) is 9.37 Å². The van der Waals surface area contributed by atoms with Gasteiger partial charge < -0.3 is 20.7 Å². The first-order valence-corrected chi connectivity index (χ1v) is 9.34. The first-order chi connectivity index (χ1) is 15.1. The van der Waals surface area contributed by atoms with Gasteiger partial charge in [0.2, 0.25) is 0 Å². The molecule has 0 saturated heterocycles. The zero-order chi connectivity index (χ0) is 23.5. The number of rotatable bonds is 4. The maximum atomic E-state index is 14.0. The maximum Gasteiger partial charge on any atom is 0.416 e. The minimum atomic E-state index is -4.62. The van der Waals surface area contributed by atoms with Crippen molar-refractivity contribution in [3.8, 4) is 17.6 Å². The summed E-state index contributed by atoms with van der Waals surface area (Å²) in [7, 11) is 1.52. The van der Waals surface area contributed by atoms with Gasteiger partial charge in [-0.2, -0.15) is 18.4 Å². The lowest BCUT2D eigenvalue weighted by molar-refractivity contribution is -0.137. The molecule has 2 aromatic carbocycles. The van der Waals surface area contributed by atoms with Crippen LogP contribution in [0.3, 0.4) is 0 Å². The Kier molecular flexibility index (Phi) is 6.45. The number of nitrogen functional groups attached to an aromatic ring is 1. The van der Waals surface area contributed by atoms with Gasteiger partial charge >= 0.3 is 6.18 Å². The van der Waals surface area contributed by atoms with E-state index in [2.05, 4.69) is 10.3 Å². The average molecular weight is 461 g/mol. The Morgan fingerprint density at radius 1 is 1.16 bits per heavy atom. The van der Waals surface area contributed by atoms with Gasteiger partial charge in [-0.1, -0.05) is 0 Å². The van der Waals surface area contributed by atoms with Crippen LogP contribution in [0.4, 0.5) is 34.6 Å². The third kappa shape index (κ3) is 5.22. The molecule has 0 saturated carbocycles. The molecule has 6 nitrogen and oxygen atoms in total. The van der Waals surface area contributed by atoms with Crippen molar-refractivity contribution in [1.82, 2.24) is 4.98 Å². The van der Waals surface area contributed by atoms with Crippen molar-refractivity contribution in [2.45, 2.75) is 6.18 Å². The Morgan fingerprint density at radius 3 is 2.53 bits per heavy atom. The number of alkyl halides is 3. The van der Waals surface area contributed by atoms with Crippen LogP contribution in [0.1, 0.15) is 11.3 Å². The minimum Gasteiger partial charge on any atom is -0.457 e. The summed E-state index contributed by atoms with van der Waals surface area (Å²) in [6.45, 7) is 0. The number of benzene rings is 2. The molecule has 3 N–H and O–H groups in total. The first kappa shape index (κ1) is 22.8. The average Bonchev–Trinajstić information content (AvgIpc) is 2.74. The molecule has 0 aliphatic heterocycles. The summed E-state index contributed by atoms with van der Waals surface area (Å²) in [6, 6.07) is 11.6. The van der Waals surface area contributed by atoms with E-state index in [1.54, 1.807) is 18.2 Å². The number of ether oxygens (including phenoxy) is 1. The van der Waals surface area contributed by atoms with Crippen LogP contribution in [0.5, 0.6) is 11.5 Å². The smallest absolute Gasteiger partial charge is 0.416 e. The highest BCUT2D eigenvalue weighted by atomic mass is 32.1. The van der Waals surface area contributed by atoms with Crippen LogP contribution < -0.4 is 20.7 Å². The Hall–Kier alpha value is -3.91. The van der Waals surface area contributed by atoms with E-state index in [1.807, 2.05) is 6.07 Å². The summed E-state index contributed by atoms with van der Waals surface area (Å²) in [4.78, 5) is 5.23. The highest BCUT2D eigenvalue weighted by Gasteiger charge is 2.31. The number of anilines is 3. The molecule has 164 valence electrons. The van der Waals surface area contributed by atoms with Crippen LogP contribution in [0.2, 0.25) is 0 Å². The predicted molar refractivity (Wildman–Crippen MR) is 116 cm³/mol. The number of hydrogen-bond donors (Lipinski definition) is 2. The van der Waals surface area contributed by atoms with E-state index in [-0.39, 0.29) is 16.5 Å². The summed E-state index contributed by atoms with van der Waals surface area (Å²) in [5.74, 6) is -0.133. The summed E-state index contributed by atoms with van der Waals surface area (Å²) < 4.78 is 58.4. The maximum absolute atomic E-state index is 14.0. The normalized spacial score (nSPS) is 10.9. The van der Waals surface area contributed by atoms with Crippen molar-refractivity contribution in [2.75, 3.05) is 23.0 Å². The molecule has 0 aliphatic carbocycles. The van der Waals surface area contributed by atoms with Gasteiger partial charge in [0.25, 0.3) is 0 Å². The zero-order valence-corrected chi connectivity index (χ0v) is 17.3. The number of nitrogens with two attached hydrogens (primary N) is 1. The number of pyridine rings is 1. The highest BCUT2D eigenvalue weighted by molar-refractivity contribution is 7.80. The molecule has 1 heterocycles. The molecule has 0 bridgehead atoms. The molecule has 0 amide bonds. The van der Waals surface area contributed by atoms with Crippen LogP contribution in [-0.4, -0.2) is 17.1 Å². The fourth-order valence-electron chi connectivity index (χ4n) is 2.68. The highest BCUT2D eigenvalue weighted by Crippen LogP contribution is 2.33. The van der Waals surface area contributed by atoms with Crippen LogP contribution in [0.15, 0.2) is 54.7 Å². The van der Waals surface area contributed by atoms with Crippen molar-refractivity contribution in [3.05, 3.63) is 71.8 Å². The minimum absolute atomic E-state index is 0.0728. The second kappa shape index (κ2) is 9.07. The molecule has 1 aromatic heterocycles. The Bertz CT molecular complexity index is 1210. The molecule has 32 heavy (non-hydrogen) atoms. The summed E-state index contributed by atoms with van der Waals surface area (Å²) in [5, 5.41) is 11.3. The Labute approximate surface area is 185 Å². The Balaban J connectivity index is 1.77. The van der Waals surface area contributed by atoms with Crippen LogP contribution in [0, 0.1) is 17.1 Å². The van der Waals surface area contributed by atoms with Gasteiger partial charge in [-0.3, -0.25) is 0 Å². The van der Waals surface area contributed by atoms with Crippen molar-refractivity contribution in [1.29, 1.82) is 5.26 Å². The number of aromatic nitrogens is 1. The number of nitriles is 1. The summed E-state index contributed by atoms with van der Waals surface area (Å²) >= 11 is 5.20. The van der Waals surface area contributed by atoms with E-state index in [0.717, 1.165) is 0 Å². The lowest BCUT2D eigenvalue weighted by Gasteiger charge is -2.23. The number of thiocarbonyl (C=S) groups is 1. The van der Waals surface area contributed by atoms with E-state index >= 15 is 0 Å². The van der Waals surface area contributed by atoms with Crippen LogP contribution in [0.25, 0.3) is 0 Å². The van der Waals surface area contributed by atoms with Crippen molar-refractivity contribution in [2.24, 2.45) is 0 Å². The second-order valence-electron chi connectivity index (χ2n) is 6.49. The van der Waals surface area contributed by atoms with E-state index in [1.165, 1.54) is 30.3 Å².